The third kappa shape index (κ3) is 4.07. The second kappa shape index (κ2) is 8.32. The van der Waals surface area contributed by atoms with Crippen LogP contribution < -0.4 is 5.73 Å². The lowest BCUT2D eigenvalue weighted by Gasteiger charge is -2.11. The van der Waals surface area contributed by atoms with Crippen molar-refractivity contribution >= 4 is 40.7 Å². The van der Waals surface area contributed by atoms with E-state index < -0.39 is 5.91 Å². The molecule has 0 unspecified atom stereocenters. The molecular weight excluding hydrogens is 380 g/mol. The summed E-state index contributed by atoms with van der Waals surface area (Å²) in [6, 6.07) is 17.6. The molecule has 0 aliphatic rings. The van der Waals surface area contributed by atoms with Gasteiger partial charge in [-0.15, -0.1) is 0 Å². The Labute approximate surface area is 173 Å². The number of fused-ring (bicyclic) bond motifs is 1. The number of carbonyl (C=O) groups excluding carboxylic acids is 1. The number of nitrogens with zero attached hydrogens (tertiary/aromatic N) is 2. The van der Waals surface area contributed by atoms with Crippen LogP contribution in [0.1, 0.15) is 34.2 Å². The maximum atomic E-state index is 11.9. The lowest BCUT2D eigenvalue weighted by molar-refractivity contribution is 0.0997. The summed E-state index contributed by atoms with van der Waals surface area (Å²) in [6.45, 7) is 2.07. The van der Waals surface area contributed by atoms with Crippen LogP contribution in [0, 0.1) is 0 Å². The molecule has 1 amide bonds. The van der Waals surface area contributed by atoms with E-state index in [-0.39, 0.29) is 0 Å². The molecule has 3 N–H and O–H groups in total. The first-order valence-electron chi connectivity index (χ1n) is 9.32. The maximum absolute atomic E-state index is 11.9. The highest BCUT2D eigenvalue weighted by Crippen LogP contribution is 2.35. The van der Waals surface area contributed by atoms with E-state index >= 15 is 0 Å². The SMILES string of the molecule is CCc1cccc(C(N)=O)c1Sc1ccc2c(C=Cc3ccccn3)n[nH]c2c1. The first-order chi connectivity index (χ1) is 14.2. The molecule has 2 heterocycles. The zero-order valence-electron chi connectivity index (χ0n) is 15.9. The predicted molar refractivity (Wildman–Crippen MR) is 118 cm³/mol. The first-order valence-corrected chi connectivity index (χ1v) is 10.1. The predicted octanol–water partition coefficient (Wildman–Crippen LogP) is 4.94. The Morgan fingerprint density at radius 3 is 2.79 bits per heavy atom. The Kier molecular flexibility index (Phi) is 5.44. The van der Waals surface area contributed by atoms with Crippen molar-refractivity contribution in [2.75, 3.05) is 0 Å². The van der Waals surface area contributed by atoms with Gasteiger partial charge < -0.3 is 5.73 Å². The minimum atomic E-state index is -0.410. The van der Waals surface area contributed by atoms with Gasteiger partial charge in [-0.1, -0.05) is 36.9 Å². The highest BCUT2D eigenvalue weighted by Gasteiger charge is 2.14. The lowest BCUT2D eigenvalue weighted by Crippen LogP contribution is -2.13. The quantitative estimate of drug-likeness (QED) is 0.480. The molecule has 4 rings (SSSR count). The summed E-state index contributed by atoms with van der Waals surface area (Å²) in [4.78, 5) is 18.1. The van der Waals surface area contributed by atoms with Gasteiger partial charge in [0.1, 0.15) is 0 Å². The van der Waals surface area contributed by atoms with Gasteiger partial charge >= 0.3 is 0 Å². The topological polar surface area (TPSA) is 84.7 Å². The number of pyridine rings is 1. The molecule has 0 aliphatic heterocycles. The van der Waals surface area contributed by atoms with Gasteiger partial charge in [0.05, 0.1) is 22.5 Å². The molecule has 2 aromatic heterocycles. The Morgan fingerprint density at radius 2 is 2.03 bits per heavy atom. The molecular formula is C23H20N4OS. The number of amides is 1. The summed E-state index contributed by atoms with van der Waals surface area (Å²) in [5, 5.41) is 8.53. The van der Waals surface area contributed by atoms with Crippen LogP contribution >= 0.6 is 11.8 Å². The molecule has 4 aromatic rings. The fourth-order valence-corrected chi connectivity index (χ4v) is 4.32. The third-order valence-corrected chi connectivity index (χ3v) is 5.80. The van der Waals surface area contributed by atoms with Crippen molar-refractivity contribution in [2.45, 2.75) is 23.1 Å². The first kappa shape index (κ1) is 19.0. The van der Waals surface area contributed by atoms with Gasteiger partial charge in [-0.25, -0.2) is 0 Å². The minimum absolute atomic E-state index is 0.410. The van der Waals surface area contributed by atoms with Crippen LogP contribution in [0.15, 0.2) is 70.6 Å². The second-order valence-electron chi connectivity index (χ2n) is 6.52. The number of aryl methyl sites for hydroxylation is 1. The molecule has 6 heteroatoms. The number of aromatic nitrogens is 3. The van der Waals surface area contributed by atoms with Crippen LogP contribution in [0.4, 0.5) is 0 Å². The molecule has 0 bridgehead atoms. The molecule has 0 saturated carbocycles. The number of rotatable bonds is 6. The third-order valence-electron chi connectivity index (χ3n) is 4.63. The standard InChI is InChI=1S/C23H20N4OS/c1-2-15-6-5-8-19(23(24)28)22(15)29-17-10-11-18-20(26-27-21(18)14-17)12-9-16-7-3-4-13-25-16/h3-14H,2H2,1H3,(H2,24,28)(H,26,27). The van der Waals surface area contributed by atoms with Gasteiger partial charge in [-0.2, -0.15) is 5.10 Å². The van der Waals surface area contributed by atoms with E-state index in [1.807, 2.05) is 60.7 Å². The van der Waals surface area contributed by atoms with Gasteiger partial charge in [0.2, 0.25) is 5.91 Å². The van der Waals surface area contributed by atoms with Crippen LogP contribution in [0.2, 0.25) is 0 Å². The molecule has 0 aliphatic carbocycles. The van der Waals surface area contributed by atoms with Crippen LogP contribution in [0.3, 0.4) is 0 Å². The summed E-state index contributed by atoms with van der Waals surface area (Å²) >= 11 is 1.55. The number of aromatic amines is 1. The molecule has 5 nitrogen and oxygen atoms in total. The number of hydrogen-bond donors (Lipinski definition) is 2. The van der Waals surface area contributed by atoms with E-state index in [9.17, 15) is 4.79 Å². The Bertz CT molecular complexity index is 1200. The van der Waals surface area contributed by atoms with E-state index in [4.69, 9.17) is 5.73 Å². The van der Waals surface area contributed by atoms with Crippen molar-refractivity contribution in [3.05, 3.63) is 83.3 Å². The van der Waals surface area contributed by atoms with Crippen LogP contribution in [-0.2, 0) is 6.42 Å². The molecule has 0 spiro atoms. The Balaban J connectivity index is 1.65. The summed E-state index contributed by atoms with van der Waals surface area (Å²) in [5.41, 5.74) is 9.92. The molecule has 0 radical (unpaired) electrons. The highest BCUT2D eigenvalue weighted by atomic mass is 32.2. The fraction of sp³-hybridized carbons (Fsp3) is 0.0870. The van der Waals surface area contributed by atoms with Crippen molar-refractivity contribution in [2.24, 2.45) is 5.73 Å². The zero-order chi connectivity index (χ0) is 20.2. The van der Waals surface area contributed by atoms with Gasteiger partial charge in [0.15, 0.2) is 0 Å². The van der Waals surface area contributed by atoms with E-state index in [2.05, 4.69) is 22.1 Å². The normalized spacial score (nSPS) is 11.3. The van der Waals surface area contributed by atoms with Crippen molar-refractivity contribution in [1.29, 1.82) is 0 Å². The van der Waals surface area contributed by atoms with Crippen LogP contribution in [0.5, 0.6) is 0 Å². The average Bonchev–Trinajstić information content (AvgIpc) is 3.15. The number of hydrogen-bond acceptors (Lipinski definition) is 4. The number of H-pyrrole nitrogens is 1. The van der Waals surface area contributed by atoms with E-state index in [0.29, 0.717) is 5.56 Å². The molecule has 2 aromatic carbocycles. The number of nitrogens with one attached hydrogen (secondary N) is 1. The lowest BCUT2D eigenvalue weighted by atomic mass is 10.1. The fourth-order valence-electron chi connectivity index (χ4n) is 3.14. The number of nitrogens with two attached hydrogens (primary N) is 1. The van der Waals surface area contributed by atoms with Gasteiger partial charge in [0.25, 0.3) is 0 Å². The van der Waals surface area contributed by atoms with Gasteiger partial charge in [-0.3, -0.25) is 14.9 Å². The summed E-state index contributed by atoms with van der Waals surface area (Å²) in [5.74, 6) is -0.410. The van der Waals surface area contributed by atoms with Crippen molar-refractivity contribution < 1.29 is 4.79 Å². The largest absolute Gasteiger partial charge is 0.366 e. The van der Waals surface area contributed by atoms with Crippen molar-refractivity contribution in [3.63, 3.8) is 0 Å². The maximum Gasteiger partial charge on any atom is 0.249 e. The molecule has 29 heavy (non-hydrogen) atoms. The van der Waals surface area contributed by atoms with Crippen molar-refractivity contribution in [1.82, 2.24) is 15.2 Å². The van der Waals surface area contributed by atoms with Crippen LogP contribution in [0.25, 0.3) is 23.1 Å². The number of benzene rings is 2. The number of primary amides is 1. The molecule has 0 fully saturated rings. The van der Waals surface area contributed by atoms with Crippen LogP contribution in [-0.4, -0.2) is 21.1 Å². The Hall–Kier alpha value is -3.38. The second-order valence-corrected chi connectivity index (χ2v) is 7.60. The molecule has 0 saturated heterocycles. The minimum Gasteiger partial charge on any atom is -0.366 e. The molecule has 0 atom stereocenters. The zero-order valence-corrected chi connectivity index (χ0v) is 16.7. The number of carbonyl (C=O) groups is 1. The summed E-state index contributed by atoms with van der Waals surface area (Å²) < 4.78 is 0. The smallest absolute Gasteiger partial charge is 0.249 e. The van der Waals surface area contributed by atoms with E-state index in [0.717, 1.165) is 44.1 Å². The van der Waals surface area contributed by atoms with E-state index in [1.54, 1.807) is 24.0 Å². The average molecular weight is 401 g/mol. The van der Waals surface area contributed by atoms with Crippen molar-refractivity contribution in [3.8, 4) is 0 Å². The summed E-state index contributed by atoms with van der Waals surface area (Å²) in [6.07, 6.45) is 6.49. The molecule has 144 valence electrons. The van der Waals surface area contributed by atoms with Gasteiger partial charge in [-0.05, 0) is 60.5 Å². The highest BCUT2D eigenvalue weighted by molar-refractivity contribution is 7.99. The summed E-state index contributed by atoms with van der Waals surface area (Å²) in [7, 11) is 0. The van der Waals surface area contributed by atoms with E-state index in [1.165, 1.54) is 0 Å². The monoisotopic (exact) mass is 400 g/mol. The Morgan fingerprint density at radius 1 is 1.14 bits per heavy atom. The van der Waals surface area contributed by atoms with Gasteiger partial charge in [0, 0.05) is 21.4 Å².